The number of halogens is 7. The molecule has 2 heterocycles. The van der Waals surface area contributed by atoms with E-state index in [9.17, 15) is 35.5 Å². The Bertz CT molecular complexity index is 1330. The molecule has 2 N–H and O–H groups in total. The minimum atomic E-state index is -5.07. The summed E-state index contributed by atoms with van der Waals surface area (Å²) < 4.78 is 123. The lowest BCUT2D eigenvalue weighted by atomic mass is 10.0. The number of aromatic amines is 2. The van der Waals surface area contributed by atoms with Crippen molar-refractivity contribution in [2.24, 2.45) is 0 Å². The van der Waals surface area contributed by atoms with Crippen LogP contribution in [0.3, 0.4) is 0 Å². The molecule has 37 heavy (non-hydrogen) atoms. The monoisotopic (exact) mass is 536 g/mol. The minimum Gasteiger partial charge on any atom is -0.349 e. The zero-order valence-electron chi connectivity index (χ0n) is 21.0. The number of alkyl halides is 6. The zero-order valence-corrected chi connectivity index (χ0v) is 19.0. The summed E-state index contributed by atoms with van der Waals surface area (Å²) >= 11 is 0. The second-order valence-corrected chi connectivity index (χ2v) is 8.18. The normalized spacial score (nSPS) is 21.4. The Balaban J connectivity index is 1.73. The van der Waals surface area contributed by atoms with Gasteiger partial charge >= 0.3 is 18.0 Å². The highest BCUT2D eigenvalue weighted by Gasteiger charge is 2.39. The van der Waals surface area contributed by atoms with Gasteiger partial charge in [0.2, 0.25) is 0 Å². The van der Waals surface area contributed by atoms with E-state index in [1.807, 2.05) is 0 Å². The largest absolute Gasteiger partial charge is 0.416 e. The van der Waals surface area contributed by atoms with E-state index >= 15 is 0 Å². The first-order valence-electron chi connectivity index (χ1n) is 11.8. The Morgan fingerprint density at radius 2 is 1.76 bits per heavy atom. The summed E-state index contributed by atoms with van der Waals surface area (Å²) in [5.74, 6) is -1.02. The fourth-order valence-electron chi connectivity index (χ4n) is 3.83. The summed E-state index contributed by atoms with van der Waals surface area (Å²) in [6.07, 6.45) is -13.0. The molecule has 0 saturated carbocycles. The van der Waals surface area contributed by atoms with E-state index in [0.29, 0.717) is 12.1 Å². The molecule has 7 nitrogen and oxygen atoms in total. The van der Waals surface area contributed by atoms with Crippen LogP contribution < -0.4 is 5.69 Å². The van der Waals surface area contributed by atoms with Crippen molar-refractivity contribution in [2.45, 2.75) is 44.2 Å². The van der Waals surface area contributed by atoms with Crippen LogP contribution in [0.25, 0.3) is 0 Å². The fourth-order valence-corrected chi connectivity index (χ4v) is 3.83. The number of nitrogens with zero attached hydrogens (tertiary/aromatic N) is 2. The summed E-state index contributed by atoms with van der Waals surface area (Å²) in [5.41, 5.74) is -4.02. The van der Waals surface area contributed by atoms with E-state index in [0.717, 1.165) is 12.1 Å². The lowest BCUT2D eigenvalue weighted by molar-refractivity contribution is -0.231. The van der Waals surface area contributed by atoms with Gasteiger partial charge in [0.25, 0.3) is 0 Å². The number of H-pyrrole nitrogens is 2. The first-order valence-corrected chi connectivity index (χ1v) is 10.8. The number of aromatic nitrogens is 3. The summed E-state index contributed by atoms with van der Waals surface area (Å²) in [6, 6.07) is 4.63. The third-order valence-electron chi connectivity index (χ3n) is 5.59. The second-order valence-electron chi connectivity index (χ2n) is 8.18. The van der Waals surface area contributed by atoms with Gasteiger partial charge in [0.05, 0.1) is 39.1 Å². The van der Waals surface area contributed by atoms with Crippen molar-refractivity contribution in [3.63, 3.8) is 0 Å². The Hall–Kier alpha value is -3.23. The summed E-state index contributed by atoms with van der Waals surface area (Å²) in [6.45, 7) is -1.51. The SMILES string of the molecule is [2H]C([2H])(c1n[nH]c(=O)[nH]1)N1CCO[C@H](O[C@H](C)c2cc(C(F)(F)F)cc(C(F)(F)F)c2)[C@@H]1c1ccc(F)cc1. The fraction of sp³-hybridized carbons (Fsp3) is 0.391. The number of ether oxygens (including phenoxy) is 2. The number of hydrogen-bond acceptors (Lipinski definition) is 5. The van der Waals surface area contributed by atoms with Gasteiger partial charge in [-0.3, -0.25) is 9.88 Å². The molecule has 0 aliphatic carbocycles. The van der Waals surface area contributed by atoms with Gasteiger partial charge in [-0.2, -0.15) is 31.4 Å². The van der Waals surface area contributed by atoms with Crippen LogP contribution in [0.2, 0.25) is 0 Å². The molecule has 1 aliphatic heterocycles. The topological polar surface area (TPSA) is 83.2 Å². The van der Waals surface area contributed by atoms with Crippen LogP contribution in [-0.2, 0) is 28.3 Å². The molecule has 200 valence electrons. The molecular weight excluding hydrogens is 513 g/mol. The van der Waals surface area contributed by atoms with Crippen molar-refractivity contribution in [1.82, 2.24) is 20.1 Å². The molecular formula is C23H21F7N4O3. The van der Waals surface area contributed by atoms with Gasteiger partial charge in [0.15, 0.2) is 6.29 Å². The van der Waals surface area contributed by atoms with Crippen molar-refractivity contribution >= 4 is 0 Å². The van der Waals surface area contributed by atoms with E-state index in [-0.39, 0.29) is 24.8 Å². The van der Waals surface area contributed by atoms with E-state index in [1.54, 1.807) is 0 Å². The van der Waals surface area contributed by atoms with Gasteiger partial charge in [-0.1, -0.05) is 12.1 Å². The highest BCUT2D eigenvalue weighted by Crippen LogP contribution is 2.39. The van der Waals surface area contributed by atoms with E-state index < -0.39 is 71.3 Å². The molecule has 4 rings (SSSR count). The van der Waals surface area contributed by atoms with E-state index in [4.69, 9.17) is 12.2 Å². The molecule has 0 bridgehead atoms. The van der Waals surface area contributed by atoms with Gasteiger partial charge < -0.3 is 9.47 Å². The highest BCUT2D eigenvalue weighted by molar-refractivity contribution is 5.34. The van der Waals surface area contributed by atoms with Gasteiger partial charge in [0.1, 0.15) is 11.6 Å². The van der Waals surface area contributed by atoms with Crippen molar-refractivity contribution in [3.8, 4) is 0 Å². The maximum atomic E-state index is 13.7. The molecule has 0 amide bonds. The minimum absolute atomic E-state index is 0.00439. The van der Waals surface area contributed by atoms with E-state index in [2.05, 4.69) is 15.2 Å². The average molecular weight is 536 g/mol. The van der Waals surface area contributed by atoms with Gasteiger partial charge in [-0.15, -0.1) is 0 Å². The molecule has 0 unspecified atom stereocenters. The molecule has 14 heteroatoms. The molecule has 1 aromatic heterocycles. The third-order valence-corrected chi connectivity index (χ3v) is 5.59. The van der Waals surface area contributed by atoms with Crippen LogP contribution in [-0.4, -0.2) is 39.5 Å². The molecule has 1 aliphatic rings. The van der Waals surface area contributed by atoms with Crippen molar-refractivity contribution in [2.75, 3.05) is 13.2 Å². The van der Waals surface area contributed by atoms with Crippen molar-refractivity contribution in [3.05, 3.63) is 86.8 Å². The summed E-state index contributed by atoms with van der Waals surface area (Å²) in [7, 11) is 0. The second kappa shape index (κ2) is 10.3. The molecule has 1 saturated heterocycles. The van der Waals surface area contributed by atoms with Gasteiger partial charge in [0, 0.05) is 6.54 Å². The number of rotatable bonds is 6. The first kappa shape index (κ1) is 24.1. The van der Waals surface area contributed by atoms with Crippen LogP contribution in [0.5, 0.6) is 0 Å². The Kier molecular flexibility index (Phi) is 6.69. The van der Waals surface area contributed by atoms with Gasteiger partial charge in [-0.25, -0.2) is 14.3 Å². The first-order chi connectivity index (χ1) is 18.1. The number of nitrogens with one attached hydrogen (secondary N) is 2. The Morgan fingerprint density at radius 3 is 2.30 bits per heavy atom. The molecule has 3 atom stereocenters. The van der Waals surface area contributed by atoms with Crippen LogP contribution in [0, 0.1) is 5.82 Å². The third kappa shape index (κ3) is 6.37. The molecule has 0 radical (unpaired) electrons. The van der Waals surface area contributed by atoms with Gasteiger partial charge in [-0.05, 0) is 48.4 Å². The number of benzene rings is 2. The highest BCUT2D eigenvalue weighted by atomic mass is 19.4. The number of hydrogen-bond donors (Lipinski definition) is 2. The smallest absolute Gasteiger partial charge is 0.349 e. The predicted molar refractivity (Wildman–Crippen MR) is 114 cm³/mol. The lowest BCUT2D eigenvalue weighted by Crippen LogP contribution is -2.46. The van der Waals surface area contributed by atoms with Crippen molar-refractivity contribution < 1.29 is 42.9 Å². The number of morpholine rings is 1. The maximum Gasteiger partial charge on any atom is 0.416 e. The van der Waals surface area contributed by atoms with Crippen LogP contribution in [0.15, 0.2) is 47.3 Å². The van der Waals surface area contributed by atoms with Crippen LogP contribution >= 0.6 is 0 Å². The standard InChI is InChI=1S/C23H21F7N4O3/c1-12(14-8-15(22(25,26)27)10-16(9-14)23(28,29)30)37-20-19(13-2-4-17(24)5-3-13)34(6-7-36-20)11-18-31-21(35)33-32-18/h2-5,8-10,12,19-20H,6-7,11H2,1H3,(H2,31,32,33,35)/t12-,19+,20-/m1/s1/i11D2. The Morgan fingerprint density at radius 1 is 1.14 bits per heavy atom. The van der Waals surface area contributed by atoms with Crippen molar-refractivity contribution in [1.29, 1.82) is 0 Å². The molecule has 3 aromatic rings. The van der Waals surface area contributed by atoms with E-state index in [1.165, 1.54) is 24.0 Å². The predicted octanol–water partition coefficient (Wildman–Crippen LogP) is 4.95. The van der Waals surface area contributed by atoms with Crippen LogP contribution in [0.1, 0.15) is 49.9 Å². The summed E-state index contributed by atoms with van der Waals surface area (Å²) in [5, 5.41) is 5.69. The quantitative estimate of drug-likeness (QED) is 0.436. The molecule has 2 aromatic carbocycles. The zero-order chi connectivity index (χ0) is 28.8. The lowest BCUT2D eigenvalue weighted by Gasteiger charge is -2.41. The summed E-state index contributed by atoms with van der Waals surface area (Å²) in [4.78, 5) is 15.0. The Labute approximate surface area is 208 Å². The van der Waals surface area contributed by atoms with Crippen LogP contribution in [0.4, 0.5) is 30.7 Å². The molecule has 1 fully saturated rings. The average Bonchev–Trinajstić information content (AvgIpc) is 3.30. The molecule has 0 spiro atoms. The maximum absolute atomic E-state index is 13.7.